The summed E-state index contributed by atoms with van der Waals surface area (Å²) >= 11 is 0. The molecule has 126 valence electrons. The number of pyridine rings is 2. The fourth-order valence-corrected chi connectivity index (χ4v) is 2.90. The van der Waals surface area contributed by atoms with Crippen LogP contribution in [-0.4, -0.2) is 14.0 Å². The number of fused-ring (bicyclic) bond motifs is 2. The van der Waals surface area contributed by atoms with Crippen molar-refractivity contribution >= 4 is 16.7 Å². The van der Waals surface area contributed by atoms with Crippen LogP contribution in [0, 0.1) is 22.6 Å². The molecule has 0 unspecified atom stereocenters. The summed E-state index contributed by atoms with van der Waals surface area (Å²) in [4.78, 5) is 17.3. The quantitative estimate of drug-likeness (QED) is 0.565. The van der Waals surface area contributed by atoms with Gasteiger partial charge in [-0.3, -0.25) is 14.6 Å². The third kappa shape index (κ3) is 2.45. The summed E-state index contributed by atoms with van der Waals surface area (Å²) in [7, 11) is 0. The summed E-state index contributed by atoms with van der Waals surface area (Å²) in [6.07, 6.45) is 1.61. The number of nitrogens with one attached hydrogen (secondary N) is 1. The van der Waals surface area contributed by atoms with Crippen LogP contribution < -0.4 is 11.0 Å². The van der Waals surface area contributed by atoms with E-state index < -0.39 is 0 Å². The van der Waals surface area contributed by atoms with Gasteiger partial charge in [0.05, 0.1) is 17.5 Å². The Morgan fingerprint density at radius 1 is 1.19 bits per heavy atom. The number of rotatable bonds is 2. The van der Waals surface area contributed by atoms with Crippen LogP contribution in [0.5, 0.6) is 0 Å². The molecule has 0 fully saturated rings. The summed E-state index contributed by atoms with van der Waals surface area (Å²) in [6, 6.07) is 14.4. The third-order valence-electron chi connectivity index (χ3n) is 4.19. The van der Waals surface area contributed by atoms with Gasteiger partial charge in [-0.1, -0.05) is 18.2 Å². The molecule has 0 saturated carbocycles. The normalized spacial score (nSPS) is 10.9. The predicted octanol–water partition coefficient (Wildman–Crippen LogP) is 2.19. The summed E-state index contributed by atoms with van der Waals surface area (Å²) < 4.78 is 16.1. The Labute approximate surface area is 146 Å². The van der Waals surface area contributed by atoms with Crippen molar-refractivity contribution < 1.29 is 4.39 Å². The zero-order valence-corrected chi connectivity index (χ0v) is 13.5. The minimum atomic E-state index is -0.358. The number of hydrogen-bond donors (Lipinski definition) is 1. The first kappa shape index (κ1) is 15.7. The van der Waals surface area contributed by atoms with Crippen molar-refractivity contribution in [2.75, 3.05) is 0 Å². The number of hydrogen-bond acceptors (Lipinski definition) is 4. The average molecular weight is 345 g/mol. The largest absolute Gasteiger partial charge is 0.305 e. The molecule has 1 aromatic carbocycles. The van der Waals surface area contributed by atoms with Gasteiger partial charge in [0.2, 0.25) is 0 Å². The molecular weight excluding hydrogens is 333 g/mol. The van der Waals surface area contributed by atoms with Crippen LogP contribution >= 0.6 is 0 Å². The van der Waals surface area contributed by atoms with Gasteiger partial charge in [-0.15, -0.1) is 0 Å². The topological polar surface area (TPSA) is 86.9 Å². The van der Waals surface area contributed by atoms with Gasteiger partial charge in [0.25, 0.3) is 5.56 Å². The summed E-state index contributed by atoms with van der Waals surface area (Å²) in [5, 5.41) is 17.9. The molecule has 1 N–H and O–H groups in total. The Bertz CT molecular complexity index is 1310. The van der Waals surface area contributed by atoms with Gasteiger partial charge in [0.1, 0.15) is 28.7 Å². The minimum absolute atomic E-state index is 0.0449. The Morgan fingerprint density at radius 3 is 2.69 bits per heavy atom. The maximum atomic E-state index is 13.2. The van der Waals surface area contributed by atoms with Gasteiger partial charge in [-0.25, -0.2) is 9.37 Å². The van der Waals surface area contributed by atoms with Crippen molar-refractivity contribution in [2.45, 2.75) is 6.54 Å². The average Bonchev–Trinajstić information content (AvgIpc) is 2.66. The molecule has 7 heteroatoms. The highest BCUT2D eigenvalue weighted by Crippen LogP contribution is 2.12. The molecule has 6 nitrogen and oxygen atoms in total. The van der Waals surface area contributed by atoms with Crippen molar-refractivity contribution in [3.05, 3.63) is 87.5 Å². The molecular formula is C19H12FN5O. The zero-order chi connectivity index (χ0) is 18.3. The number of nitriles is 1. The van der Waals surface area contributed by atoms with E-state index in [1.165, 1.54) is 27.2 Å². The lowest BCUT2D eigenvalue weighted by atomic mass is 10.2. The third-order valence-corrected chi connectivity index (χ3v) is 4.19. The van der Waals surface area contributed by atoms with E-state index in [4.69, 9.17) is 5.41 Å². The molecule has 3 heterocycles. The van der Waals surface area contributed by atoms with Crippen LogP contribution in [0.3, 0.4) is 0 Å². The summed E-state index contributed by atoms with van der Waals surface area (Å²) in [5.41, 5.74) is 1.22. The molecule has 0 bridgehead atoms. The van der Waals surface area contributed by atoms with Crippen molar-refractivity contribution in [1.82, 2.24) is 14.0 Å². The fourth-order valence-electron chi connectivity index (χ4n) is 2.90. The smallest absolute Gasteiger partial charge is 0.267 e. The molecule has 4 aromatic rings. The van der Waals surface area contributed by atoms with Crippen LogP contribution in [0.25, 0.3) is 16.7 Å². The molecule has 0 aliphatic rings. The highest BCUT2D eigenvalue weighted by molar-refractivity contribution is 5.77. The van der Waals surface area contributed by atoms with Crippen LogP contribution in [0.4, 0.5) is 4.39 Å². The minimum Gasteiger partial charge on any atom is -0.305 e. The maximum Gasteiger partial charge on any atom is 0.267 e. The highest BCUT2D eigenvalue weighted by atomic mass is 19.1. The zero-order valence-electron chi connectivity index (χ0n) is 13.5. The van der Waals surface area contributed by atoms with Crippen LogP contribution in [0.1, 0.15) is 11.1 Å². The standard InChI is InChI=1S/C19H12FN5O/c20-14-6-4-12(5-7-14)11-25-17(22)13(10-21)9-15-18(25)23-16-3-1-2-8-24(16)19(15)26/h1-9,22H,11H2. The lowest BCUT2D eigenvalue weighted by Crippen LogP contribution is -2.28. The van der Waals surface area contributed by atoms with Gasteiger partial charge in [0, 0.05) is 6.20 Å². The van der Waals surface area contributed by atoms with Gasteiger partial charge >= 0.3 is 0 Å². The summed E-state index contributed by atoms with van der Waals surface area (Å²) in [5.74, 6) is -0.358. The van der Waals surface area contributed by atoms with Gasteiger partial charge < -0.3 is 4.57 Å². The van der Waals surface area contributed by atoms with Crippen LogP contribution in [0.2, 0.25) is 0 Å². The first-order chi connectivity index (χ1) is 12.6. The van der Waals surface area contributed by atoms with E-state index in [1.54, 1.807) is 36.5 Å². The predicted molar refractivity (Wildman–Crippen MR) is 93.0 cm³/mol. The number of benzene rings is 1. The van der Waals surface area contributed by atoms with Gasteiger partial charge in [-0.05, 0) is 35.9 Å². The van der Waals surface area contributed by atoms with Crippen LogP contribution in [0.15, 0.2) is 59.5 Å². The van der Waals surface area contributed by atoms with Gasteiger partial charge in [0.15, 0.2) is 0 Å². The van der Waals surface area contributed by atoms with Crippen molar-refractivity contribution in [2.24, 2.45) is 0 Å². The Morgan fingerprint density at radius 2 is 1.96 bits per heavy atom. The van der Waals surface area contributed by atoms with E-state index in [0.29, 0.717) is 11.3 Å². The van der Waals surface area contributed by atoms with E-state index in [1.807, 2.05) is 6.07 Å². The molecule has 0 aliphatic carbocycles. The highest BCUT2D eigenvalue weighted by Gasteiger charge is 2.13. The summed E-state index contributed by atoms with van der Waals surface area (Å²) in [6.45, 7) is 0.195. The second-order valence-electron chi connectivity index (χ2n) is 5.81. The molecule has 0 atom stereocenters. The molecule has 0 spiro atoms. The second kappa shape index (κ2) is 5.93. The van der Waals surface area contributed by atoms with Gasteiger partial charge in [-0.2, -0.15) is 5.26 Å². The number of nitrogens with zero attached hydrogens (tertiary/aromatic N) is 4. The Hall–Kier alpha value is -3.79. The number of halogens is 1. The Kier molecular flexibility index (Phi) is 3.59. The fraction of sp³-hybridized carbons (Fsp3) is 0.0526. The van der Waals surface area contributed by atoms with E-state index in [9.17, 15) is 14.4 Å². The van der Waals surface area contributed by atoms with Crippen molar-refractivity contribution in [3.63, 3.8) is 0 Å². The Balaban J connectivity index is 2.08. The first-order valence-electron chi connectivity index (χ1n) is 7.82. The second-order valence-corrected chi connectivity index (χ2v) is 5.81. The molecule has 4 rings (SSSR count). The maximum absolute atomic E-state index is 13.2. The molecule has 0 amide bonds. The SMILES string of the molecule is N#Cc1cc2c(=O)n3ccccc3nc2n(Cc2ccc(F)cc2)c1=N. The van der Waals surface area contributed by atoms with E-state index in [0.717, 1.165) is 5.56 Å². The lowest BCUT2D eigenvalue weighted by Gasteiger charge is -2.13. The molecule has 26 heavy (non-hydrogen) atoms. The molecule has 0 radical (unpaired) electrons. The van der Waals surface area contributed by atoms with E-state index in [2.05, 4.69) is 4.98 Å². The van der Waals surface area contributed by atoms with E-state index in [-0.39, 0.29) is 34.4 Å². The van der Waals surface area contributed by atoms with Crippen molar-refractivity contribution in [3.8, 4) is 6.07 Å². The molecule has 0 saturated heterocycles. The molecule has 3 aromatic heterocycles. The lowest BCUT2D eigenvalue weighted by molar-refractivity contribution is 0.626. The molecule has 0 aliphatic heterocycles. The van der Waals surface area contributed by atoms with E-state index >= 15 is 0 Å². The van der Waals surface area contributed by atoms with Crippen LogP contribution in [-0.2, 0) is 6.54 Å². The number of aromatic nitrogens is 3. The monoisotopic (exact) mass is 345 g/mol. The van der Waals surface area contributed by atoms with Crippen molar-refractivity contribution in [1.29, 1.82) is 10.7 Å². The first-order valence-corrected chi connectivity index (χ1v) is 7.82.